The highest BCUT2D eigenvalue weighted by atomic mass is 16.3. The molecule has 3 aromatic rings. The van der Waals surface area contributed by atoms with E-state index in [9.17, 15) is 4.79 Å². The van der Waals surface area contributed by atoms with Gasteiger partial charge in [0.2, 0.25) is 5.91 Å². The van der Waals surface area contributed by atoms with Crippen molar-refractivity contribution in [1.82, 2.24) is 15.2 Å². The highest BCUT2D eigenvalue weighted by Gasteiger charge is 2.33. The number of hydrogen-bond donors (Lipinski definition) is 2. The molecule has 2 N–H and O–H groups in total. The predicted octanol–water partition coefficient (Wildman–Crippen LogP) is 3.10. The molecule has 0 spiro atoms. The number of carbonyl (C=O) groups is 1. The first-order chi connectivity index (χ1) is 11.3. The van der Waals surface area contributed by atoms with Crippen LogP contribution >= 0.6 is 0 Å². The molecular weight excluding hydrogens is 292 g/mol. The summed E-state index contributed by atoms with van der Waals surface area (Å²) in [5, 5.41) is 10.1. The van der Waals surface area contributed by atoms with E-state index in [1.807, 2.05) is 31.2 Å². The lowest BCUT2D eigenvalue weighted by molar-refractivity contribution is -0.116. The van der Waals surface area contributed by atoms with Gasteiger partial charge in [-0.05, 0) is 24.3 Å². The predicted molar refractivity (Wildman–Crippen MR) is 85.0 cm³/mol. The molecule has 4 rings (SSSR count). The van der Waals surface area contributed by atoms with Crippen molar-refractivity contribution in [2.75, 3.05) is 5.32 Å². The Morgan fingerprint density at radius 3 is 3.00 bits per heavy atom. The zero-order chi connectivity index (χ0) is 15.8. The van der Waals surface area contributed by atoms with E-state index >= 15 is 0 Å². The number of fused-ring (bicyclic) bond motifs is 1. The van der Waals surface area contributed by atoms with Crippen molar-refractivity contribution >= 4 is 11.7 Å². The van der Waals surface area contributed by atoms with E-state index < -0.39 is 0 Å². The maximum Gasteiger partial charge on any atom is 0.226 e. The molecular formula is C17H16N4O2. The maximum absolute atomic E-state index is 12.0. The Kier molecular flexibility index (Phi) is 3.22. The molecule has 23 heavy (non-hydrogen) atoms. The van der Waals surface area contributed by atoms with Crippen LogP contribution in [-0.2, 0) is 11.2 Å². The molecule has 6 heteroatoms. The number of hydrogen-bond acceptors (Lipinski definition) is 4. The fourth-order valence-electron chi connectivity index (χ4n) is 3.00. The smallest absolute Gasteiger partial charge is 0.226 e. The van der Waals surface area contributed by atoms with Crippen molar-refractivity contribution in [3.05, 3.63) is 53.7 Å². The van der Waals surface area contributed by atoms with Crippen molar-refractivity contribution in [2.24, 2.45) is 0 Å². The summed E-state index contributed by atoms with van der Waals surface area (Å²) in [6.45, 7) is 2.04. The fraction of sp³-hybridized carbons (Fsp3) is 0.235. The summed E-state index contributed by atoms with van der Waals surface area (Å²) < 4.78 is 5.90. The van der Waals surface area contributed by atoms with E-state index in [0.29, 0.717) is 12.2 Å². The molecule has 0 saturated carbocycles. The van der Waals surface area contributed by atoms with Crippen molar-refractivity contribution in [1.29, 1.82) is 0 Å². The first-order valence-electron chi connectivity index (χ1n) is 7.63. The molecule has 0 aliphatic carbocycles. The Morgan fingerprint density at radius 1 is 1.35 bits per heavy atom. The number of nitrogens with zero attached hydrogens (tertiary/aromatic N) is 2. The normalized spacial score (nSPS) is 16.9. The summed E-state index contributed by atoms with van der Waals surface area (Å²) in [4.78, 5) is 16.2. The van der Waals surface area contributed by atoms with Gasteiger partial charge < -0.3 is 9.73 Å². The molecule has 1 atom stereocenters. The second-order valence-corrected chi connectivity index (χ2v) is 5.57. The molecule has 0 saturated heterocycles. The van der Waals surface area contributed by atoms with Crippen LogP contribution in [0, 0.1) is 0 Å². The molecule has 1 amide bonds. The third-order valence-corrected chi connectivity index (χ3v) is 4.12. The topological polar surface area (TPSA) is 83.8 Å². The zero-order valence-corrected chi connectivity index (χ0v) is 12.7. The second kappa shape index (κ2) is 5.39. The summed E-state index contributed by atoms with van der Waals surface area (Å²) in [5.74, 6) is 2.08. The van der Waals surface area contributed by atoms with Gasteiger partial charge in [0.05, 0.1) is 11.6 Å². The molecule has 1 aliphatic rings. The van der Waals surface area contributed by atoms with Crippen LogP contribution < -0.4 is 5.32 Å². The molecule has 116 valence electrons. The number of H-pyrrole nitrogens is 1. The number of nitrogens with one attached hydrogen (secondary N) is 2. The molecule has 1 unspecified atom stereocenters. The lowest BCUT2D eigenvalue weighted by atomic mass is 9.88. The van der Waals surface area contributed by atoms with Crippen molar-refractivity contribution in [2.45, 2.75) is 25.7 Å². The van der Waals surface area contributed by atoms with Crippen LogP contribution in [0.15, 0.2) is 41.1 Å². The molecule has 0 bridgehead atoms. The number of amides is 1. The van der Waals surface area contributed by atoms with Crippen molar-refractivity contribution < 1.29 is 9.21 Å². The summed E-state index contributed by atoms with van der Waals surface area (Å²) in [7, 11) is 0. The molecule has 3 aromatic heterocycles. The summed E-state index contributed by atoms with van der Waals surface area (Å²) in [5.41, 5.74) is 2.76. The number of aromatic amines is 1. The van der Waals surface area contributed by atoms with Gasteiger partial charge in [0.15, 0.2) is 5.82 Å². The quantitative estimate of drug-likeness (QED) is 0.778. The van der Waals surface area contributed by atoms with Gasteiger partial charge in [-0.2, -0.15) is 5.10 Å². The summed E-state index contributed by atoms with van der Waals surface area (Å²) in [6.07, 6.45) is 4.68. The maximum atomic E-state index is 12.0. The van der Waals surface area contributed by atoms with Crippen LogP contribution in [-0.4, -0.2) is 21.1 Å². The zero-order valence-electron chi connectivity index (χ0n) is 12.7. The van der Waals surface area contributed by atoms with Crippen LogP contribution in [0.3, 0.4) is 0 Å². The van der Waals surface area contributed by atoms with Gasteiger partial charge in [-0.25, -0.2) is 0 Å². The van der Waals surface area contributed by atoms with E-state index in [0.717, 1.165) is 34.8 Å². The van der Waals surface area contributed by atoms with E-state index in [-0.39, 0.29) is 11.8 Å². The standard InChI is InChI=1S/C17H16N4O2/c1-2-11-5-6-13(23-11)12-8-14(22)19-17-15(12)16(20-21-17)10-4-3-7-18-9-10/h3-7,9,12H,2,8H2,1H3,(H2,19,20,21,22). The average Bonchev–Trinajstić information content (AvgIpc) is 3.21. The van der Waals surface area contributed by atoms with Crippen molar-refractivity contribution in [3.8, 4) is 11.3 Å². The van der Waals surface area contributed by atoms with E-state index in [4.69, 9.17) is 4.42 Å². The molecule has 4 heterocycles. The van der Waals surface area contributed by atoms with Crippen LogP contribution in [0.25, 0.3) is 11.3 Å². The molecule has 6 nitrogen and oxygen atoms in total. The third-order valence-electron chi connectivity index (χ3n) is 4.12. The Bertz CT molecular complexity index is 851. The first kappa shape index (κ1) is 13.8. The Hall–Kier alpha value is -2.89. The number of aryl methyl sites for hydroxylation is 1. The Balaban J connectivity index is 1.85. The van der Waals surface area contributed by atoms with Gasteiger partial charge in [0.25, 0.3) is 0 Å². The van der Waals surface area contributed by atoms with Gasteiger partial charge in [0, 0.05) is 36.4 Å². The van der Waals surface area contributed by atoms with Crippen molar-refractivity contribution in [3.63, 3.8) is 0 Å². The number of pyridine rings is 1. The summed E-state index contributed by atoms with van der Waals surface area (Å²) in [6, 6.07) is 7.76. The lowest BCUT2D eigenvalue weighted by Gasteiger charge is -2.21. The molecule has 1 aliphatic heterocycles. The Morgan fingerprint density at radius 2 is 2.26 bits per heavy atom. The van der Waals surface area contributed by atoms with Crippen LogP contribution in [0.5, 0.6) is 0 Å². The number of aromatic nitrogens is 3. The van der Waals surface area contributed by atoms with Crippen LogP contribution in [0.1, 0.15) is 36.3 Å². The van der Waals surface area contributed by atoms with Gasteiger partial charge in [-0.15, -0.1) is 0 Å². The van der Waals surface area contributed by atoms with Gasteiger partial charge in [-0.1, -0.05) is 6.92 Å². The van der Waals surface area contributed by atoms with Gasteiger partial charge in [0.1, 0.15) is 11.5 Å². The Labute approximate surface area is 132 Å². The summed E-state index contributed by atoms with van der Waals surface area (Å²) >= 11 is 0. The second-order valence-electron chi connectivity index (χ2n) is 5.57. The SMILES string of the molecule is CCc1ccc(C2CC(=O)Nc3n[nH]c(-c4cccnc4)c32)o1. The van der Waals surface area contributed by atoms with Gasteiger partial charge >= 0.3 is 0 Å². The van der Waals surface area contributed by atoms with Crippen LogP contribution in [0.4, 0.5) is 5.82 Å². The number of carbonyl (C=O) groups excluding carboxylic acids is 1. The minimum absolute atomic E-state index is 0.0545. The minimum Gasteiger partial charge on any atom is -0.465 e. The highest BCUT2D eigenvalue weighted by molar-refractivity contribution is 5.95. The number of rotatable bonds is 3. The number of anilines is 1. The molecule has 0 radical (unpaired) electrons. The molecule has 0 aromatic carbocycles. The minimum atomic E-state index is -0.145. The number of furan rings is 1. The van der Waals surface area contributed by atoms with Crippen LogP contribution in [0.2, 0.25) is 0 Å². The lowest BCUT2D eigenvalue weighted by Crippen LogP contribution is -2.23. The first-order valence-corrected chi connectivity index (χ1v) is 7.63. The fourth-order valence-corrected chi connectivity index (χ4v) is 3.00. The monoisotopic (exact) mass is 308 g/mol. The average molecular weight is 308 g/mol. The third kappa shape index (κ3) is 2.32. The largest absolute Gasteiger partial charge is 0.465 e. The van der Waals surface area contributed by atoms with E-state index in [2.05, 4.69) is 20.5 Å². The molecule has 0 fully saturated rings. The van der Waals surface area contributed by atoms with Gasteiger partial charge in [-0.3, -0.25) is 14.9 Å². The van der Waals surface area contributed by atoms with E-state index in [1.54, 1.807) is 12.4 Å². The highest BCUT2D eigenvalue weighted by Crippen LogP contribution is 2.41. The van der Waals surface area contributed by atoms with E-state index in [1.165, 1.54) is 0 Å².